The molecule has 0 aliphatic rings. The Morgan fingerprint density at radius 1 is 1.18 bits per heavy atom. The lowest BCUT2D eigenvalue weighted by atomic mass is 9.83. The molecule has 1 aromatic carbocycles. The van der Waals surface area contributed by atoms with Crippen LogP contribution in [0.1, 0.15) is 26.3 Å². The Bertz CT molecular complexity index is 551. The fourth-order valence-corrected chi connectivity index (χ4v) is 2.00. The van der Waals surface area contributed by atoms with E-state index in [1.807, 2.05) is 0 Å². The normalized spacial score (nSPS) is 10.9. The van der Waals surface area contributed by atoms with Crippen LogP contribution >= 0.6 is 0 Å². The topological polar surface area (TPSA) is 95.7 Å². The Kier molecular flexibility index (Phi) is 6.03. The Hall–Kier alpha value is -2.44. The van der Waals surface area contributed by atoms with Crippen molar-refractivity contribution < 1.29 is 24.0 Å². The van der Waals surface area contributed by atoms with Gasteiger partial charge < -0.3 is 9.47 Å². The molecule has 0 bridgehead atoms. The molecule has 0 aliphatic carbocycles. The fraction of sp³-hybridized carbons (Fsp3) is 0.467. The van der Waals surface area contributed by atoms with Crippen LogP contribution in [0.15, 0.2) is 24.3 Å². The summed E-state index contributed by atoms with van der Waals surface area (Å²) >= 11 is 0. The van der Waals surface area contributed by atoms with Crippen LogP contribution in [-0.2, 0) is 25.5 Å². The molecule has 7 heteroatoms. The smallest absolute Gasteiger partial charge is 0.323 e. The van der Waals surface area contributed by atoms with E-state index >= 15 is 0 Å². The Balaban J connectivity index is 3.12. The summed E-state index contributed by atoms with van der Waals surface area (Å²) in [5.41, 5.74) is -1.16. The van der Waals surface area contributed by atoms with Crippen LogP contribution in [-0.4, -0.2) is 30.1 Å². The summed E-state index contributed by atoms with van der Waals surface area (Å²) in [4.78, 5) is 34.6. The summed E-state index contributed by atoms with van der Waals surface area (Å²) < 4.78 is 9.90. The second kappa shape index (κ2) is 7.53. The lowest BCUT2D eigenvalue weighted by Gasteiger charge is -2.24. The van der Waals surface area contributed by atoms with Crippen molar-refractivity contribution in [2.45, 2.75) is 27.2 Å². The highest BCUT2D eigenvalue weighted by Crippen LogP contribution is 2.28. The molecule has 0 fully saturated rings. The molecule has 0 aliphatic heterocycles. The predicted molar refractivity (Wildman–Crippen MR) is 78.2 cm³/mol. The molecule has 0 unspecified atom stereocenters. The summed E-state index contributed by atoms with van der Waals surface area (Å²) in [5.74, 6) is -1.42. The largest absolute Gasteiger partial charge is 0.465 e. The molecule has 0 saturated carbocycles. The molecule has 0 atom stereocenters. The highest BCUT2D eigenvalue weighted by atomic mass is 16.6. The Labute approximate surface area is 128 Å². The van der Waals surface area contributed by atoms with Gasteiger partial charge in [0.2, 0.25) is 0 Å². The molecule has 22 heavy (non-hydrogen) atoms. The molecular formula is C15H19NO6. The zero-order valence-corrected chi connectivity index (χ0v) is 12.8. The molecule has 0 heterocycles. The van der Waals surface area contributed by atoms with E-state index in [0.29, 0.717) is 5.56 Å². The summed E-state index contributed by atoms with van der Waals surface area (Å²) in [7, 11) is 0. The highest BCUT2D eigenvalue weighted by molar-refractivity contribution is 5.99. The average Bonchev–Trinajstić information content (AvgIpc) is 2.47. The standard InChI is InChI=1S/C15H19NO6/c1-4-21-13(17)15(3,14(18)22-5-2)10-11-7-6-8-12(9-11)16(19)20/h6-9H,4-5,10H2,1-3H3. The number of hydrogen-bond acceptors (Lipinski definition) is 6. The third kappa shape index (κ3) is 4.03. The van der Waals surface area contributed by atoms with Gasteiger partial charge in [0, 0.05) is 12.1 Å². The molecule has 7 nitrogen and oxygen atoms in total. The van der Waals surface area contributed by atoms with Gasteiger partial charge in [-0.2, -0.15) is 0 Å². The fourth-order valence-electron chi connectivity index (χ4n) is 2.00. The monoisotopic (exact) mass is 309 g/mol. The van der Waals surface area contributed by atoms with Crippen LogP contribution in [0, 0.1) is 15.5 Å². The first kappa shape index (κ1) is 17.6. The predicted octanol–water partition coefficient (Wildman–Crippen LogP) is 2.27. The molecule has 1 rings (SSSR count). The molecule has 0 saturated heterocycles. The van der Waals surface area contributed by atoms with Gasteiger partial charge in [-0.15, -0.1) is 0 Å². The first-order valence-electron chi connectivity index (χ1n) is 6.93. The number of rotatable bonds is 7. The maximum Gasteiger partial charge on any atom is 0.323 e. The second-order valence-corrected chi connectivity index (χ2v) is 4.88. The van der Waals surface area contributed by atoms with E-state index < -0.39 is 22.3 Å². The van der Waals surface area contributed by atoms with Gasteiger partial charge in [-0.05, 0) is 32.8 Å². The molecule has 0 radical (unpaired) electrons. The van der Waals surface area contributed by atoms with Gasteiger partial charge >= 0.3 is 11.9 Å². The minimum atomic E-state index is -1.54. The zero-order valence-electron chi connectivity index (χ0n) is 12.8. The number of carbonyl (C=O) groups is 2. The van der Waals surface area contributed by atoms with Crippen molar-refractivity contribution in [3.8, 4) is 0 Å². The first-order valence-corrected chi connectivity index (χ1v) is 6.93. The summed E-state index contributed by atoms with van der Waals surface area (Å²) in [5, 5.41) is 10.8. The van der Waals surface area contributed by atoms with E-state index in [9.17, 15) is 19.7 Å². The van der Waals surface area contributed by atoms with Crippen molar-refractivity contribution in [2.24, 2.45) is 5.41 Å². The Morgan fingerprint density at radius 2 is 1.73 bits per heavy atom. The van der Waals surface area contributed by atoms with Gasteiger partial charge in [-0.1, -0.05) is 12.1 Å². The van der Waals surface area contributed by atoms with Gasteiger partial charge in [0.15, 0.2) is 5.41 Å². The van der Waals surface area contributed by atoms with Crippen molar-refractivity contribution in [3.05, 3.63) is 39.9 Å². The van der Waals surface area contributed by atoms with Crippen molar-refractivity contribution >= 4 is 17.6 Å². The van der Waals surface area contributed by atoms with Gasteiger partial charge in [0.1, 0.15) is 0 Å². The van der Waals surface area contributed by atoms with Crippen molar-refractivity contribution in [3.63, 3.8) is 0 Å². The molecule has 1 aromatic rings. The second-order valence-electron chi connectivity index (χ2n) is 4.88. The van der Waals surface area contributed by atoms with Crippen LogP contribution in [0.5, 0.6) is 0 Å². The maximum absolute atomic E-state index is 12.1. The van der Waals surface area contributed by atoms with Crippen molar-refractivity contribution in [1.82, 2.24) is 0 Å². The van der Waals surface area contributed by atoms with Gasteiger partial charge in [-0.3, -0.25) is 19.7 Å². The number of nitro groups is 1. The number of nitro benzene ring substituents is 1. The molecule has 0 amide bonds. The minimum absolute atomic E-state index is 0.0354. The molecule has 0 N–H and O–H groups in total. The molecule has 0 aromatic heterocycles. The van der Waals surface area contributed by atoms with E-state index in [2.05, 4.69) is 0 Å². The van der Waals surface area contributed by atoms with Crippen LogP contribution in [0.25, 0.3) is 0 Å². The molecular weight excluding hydrogens is 290 g/mol. The van der Waals surface area contributed by atoms with Gasteiger partial charge in [-0.25, -0.2) is 0 Å². The van der Waals surface area contributed by atoms with E-state index in [4.69, 9.17) is 9.47 Å². The van der Waals surface area contributed by atoms with E-state index in [1.165, 1.54) is 25.1 Å². The lowest BCUT2D eigenvalue weighted by molar-refractivity contribution is -0.384. The van der Waals surface area contributed by atoms with Crippen LogP contribution in [0.3, 0.4) is 0 Å². The molecule has 0 spiro atoms. The highest BCUT2D eigenvalue weighted by Gasteiger charge is 2.44. The SMILES string of the molecule is CCOC(=O)C(C)(Cc1cccc([N+](=O)[O-])c1)C(=O)OCC. The average molecular weight is 309 g/mol. The maximum atomic E-state index is 12.1. The number of benzene rings is 1. The zero-order chi connectivity index (χ0) is 16.8. The van der Waals surface area contributed by atoms with Gasteiger partial charge in [0.05, 0.1) is 18.1 Å². The van der Waals surface area contributed by atoms with E-state index in [0.717, 1.165) is 0 Å². The summed E-state index contributed by atoms with van der Waals surface area (Å²) in [6, 6.07) is 5.79. The quantitative estimate of drug-likeness (QED) is 0.332. The molecule has 120 valence electrons. The van der Waals surface area contributed by atoms with E-state index in [-0.39, 0.29) is 25.3 Å². The summed E-state index contributed by atoms with van der Waals surface area (Å²) in [6.07, 6.45) is -0.0354. The number of carbonyl (C=O) groups excluding carboxylic acids is 2. The number of nitrogens with zero attached hydrogens (tertiary/aromatic N) is 1. The number of non-ortho nitro benzene ring substituents is 1. The Morgan fingerprint density at radius 3 is 2.18 bits per heavy atom. The third-order valence-corrected chi connectivity index (χ3v) is 3.13. The number of esters is 2. The minimum Gasteiger partial charge on any atom is -0.465 e. The van der Waals surface area contributed by atoms with Crippen LogP contribution in [0.4, 0.5) is 5.69 Å². The lowest BCUT2D eigenvalue weighted by Crippen LogP contribution is -2.41. The third-order valence-electron chi connectivity index (χ3n) is 3.13. The van der Waals surface area contributed by atoms with E-state index in [1.54, 1.807) is 19.9 Å². The number of hydrogen-bond donors (Lipinski definition) is 0. The first-order chi connectivity index (χ1) is 10.3. The van der Waals surface area contributed by atoms with Gasteiger partial charge in [0.25, 0.3) is 5.69 Å². The van der Waals surface area contributed by atoms with Crippen molar-refractivity contribution in [1.29, 1.82) is 0 Å². The van der Waals surface area contributed by atoms with Crippen LogP contribution < -0.4 is 0 Å². The number of ether oxygens (including phenoxy) is 2. The summed E-state index contributed by atoms with van der Waals surface area (Å²) in [6.45, 7) is 4.95. The van der Waals surface area contributed by atoms with Crippen molar-refractivity contribution in [2.75, 3.05) is 13.2 Å². The van der Waals surface area contributed by atoms with Crippen LogP contribution in [0.2, 0.25) is 0 Å².